The first-order valence-corrected chi connectivity index (χ1v) is 4.16. The van der Waals surface area contributed by atoms with Crippen LogP contribution < -0.4 is 4.74 Å². The number of halogens is 4. The van der Waals surface area contributed by atoms with E-state index in [4.69, 9.17) is 4.74 Å². The monoisotopic (exact) mass is 254 g/mol. The zero-order chi connectivity index (χ0) is 10.0. The zero-order valence-corrected chi connectivity index (χ0v) is 8.24. The Labute approximate surface area is 81.6 Å². The number of ether oxygens (including phenoxy) is 1. The van der Waals surface area contributed by atoms with Gasteiger partial charge in [-0.05, 0) is 28.1 Å². The lowest BCUT2D eigenvalue weighted by molar-refractivity contribution is 0.146. The van der Waals surface area contributed by atoms with E-state index in [0.717, 1.165) is 12.1 Å². The van der Waals surface area contributed by atoms with Crippen molar-refractivity contribution in [1.82, 2.24) is 0 Å². The van der Waals surface area contributed by atoms with Crippen LogP contribution in [0.5, 0.6) is 5.75 Å². The smallest absolute Gasteiger partial charge is 0.266 e. The molecule has 0 atom stereocenters. The molecule has 0 aliphatic carbocycles. The van der Waals surface area contributed by atoms with Crippen LogP contribution in [0.15, 0.2) is 16.6 Å². The Morgan fingerprint density at radius 1 is 1.38 bits per heavy atom. The van der Waals surface area contributed by atoms with Crippen LogP contribution in [0.4, 0.5) is 13.2 Å². The summed E-state index contributed by atoms with van der Waals surface area (Å²) in [5.41, 5.74) is -0.653. The Balaban J connectivity index is 3.22. The quantitative estimate of drug-likeness (QED) is 0.785. The fourth-order valence-electron chi connectivity index (χ4n) is 0.868. The van der Waals surface area contributed by atoms with Gasteiger partial charge in [0, 0.05) is 0 Å². The van der Waals surface area contributed by atoms with Gasteiger partial charge in [-0.2, -0.15) is 0 Å². The van der Waals surface area contributed by atoms with E-state index in [2.05, 4.69) is 15.9 Å². The average molecular weight is 255 g/mol. The van der Waals surface area contributed by atoms with Crippen molar-refractivity contribution in [1.29, 1.82) is 0 Å². The summed E-state index contributed by atoms with van der Waals surface area (Å²) in [7, 11) is 1.33. The topological polar surface area (TPSA) is 9.23 Å². The first-order valence-electron chi connectivity index (χ1n) is 3.37. The van der Waals surface area contributed by atoms with Crippen LogP contribution in [0.1, 0.15) is 12.0 Å². The number of alkyl halides is 2. The maximum absolute atomic E-state index is 12.9. The van der Waals surface area contributed by atoms with Crippen molar-refractivity contribution >= 4 is 15.9 Å². The molecule has 0 saturated carbocycles. The molecule has 13 heavy (non-hydrogen) atoms. The molecule has 0 N–H and O–H groups in total. The maximum Gasteiger partial charge on any atom is 0.266 e. The average Bonchev–Trinajstić information content (AvgIpc) is 2.03. The summed E-state index contributed by atoms with van der Waals surface area (Å²) in [4.78, 5) is 0. The van der Waals surface area contributed by atoms with Gasteiger partial charge >= 0.3 is 0 Å². The summed E-state index contributed by atoms with van der Waals surface area (Å²) < 4.78 is 42.2. The first kappa shape index (κ1) is 10.4. The van der Waals surface area contributed by atoms with E-state index < -0.39 is 17.8 Å². The molecule has 0 unspecified atom stereocenters. The van der Waals surface area contributed by atoms with Gasteiger partial charge in [-0.25, -0.2) is 13.2 Å². The summed E-state index contributed by atoms with van der Waals surface area (Å²) in [6, 6.07) is 1.93. The largest absolute Gasteiger partial charge is 0.496 e. The molecule has 0 amide bonds. The van der Waals surface area contributed by atoms with Crippen molar-refractivity contribution in [3.63, 3.8) is 0 Å². The predicted octanol–water partition coefficient (Wildman–Crippen LogP) is 3.53. The molecule has 5 heteroatoms. The van der Waals surface area contributed by atoms with Gasteiger partial charge < -0.3 is 4.74 Å². The van der Waals surface area contributed by atoms with Crippen molar-refractivity contribution in [3.8, 4) is 5.75 Å². The third-order valence-electron chi connectivity index (χ3n) is 1.51. The van der Waals surface area contributed by atoms with Crippen molar-refractivity contribution in [3.05, 3.63) is 28.0 Å². The minimum Gasteiger partial charge on any atom is -0.496 e. The molecule has 0 bridgehead atoms. The van der Waals surface area contributed by atoms with Gasteiger partial charge in [0.05, 0.1) is 17.1 Å². The van der Waals surface area contributed by atoms with Gasteiger partial charge in [-0.15, -0.1) is 0 Å². The summed E-state index contributed by atoms with van der Waals surface area (Å²) in [6.45, 7) is 0. The van der Waals surface area contributed by atoms with Crippen molar-refractivity contribution in [2.45, 2.75) is 6.43 Å². The maximum atomic E-state index is 12.9. The molecular weight excluding hydrogens is 249 g/mol. The van der Waals surface area contributed by atoms with Crippen molar-refractivity contribution in [2.24, 2.45) is 0 Å². The Morgan fingerprint density at radius 3 is 2.46 bits per heavy atom. The highest BCUT2D eigenvalue weighted by atomic mass is 79.9. The molecule has 0 aromatic heterocycles. The summed E-state index contributed by atoms with van der Waals surface area (Å²) in [5.74, 6) is -0.751. The van der Waals surface area contributed by atoms with Crippen LogP contribution in [0.25, 0.3) is 0 Å². The van der Waals surface area contributed by atoms with Gasteiger partial charge in [0.25, 0.3) is 6.43 Å². The van der Waals surface area contributed by atoms with Crippen LogP contribution in [0.2, 0.25) is 0 Å². The molecule has 0 heterocycles. The number of hydrogen-bond acceptors (Lipinski definition) is 1. The van der Waals surface area contributed by atoms with E-state index >= 15 is 0 Å². The molecule has 1 aromatic carbocycles. The number of rotatable bonds is 2. The lowest BCUT2D eigenvalue weighted by Crippen LogP contribution is -1.93. The van der Waals surface area contributed by atoms with Gasteiger partial charge in [-0.3, -0.25) is 0 Å². The Hall–Kier alpha value is -0.710. The molecule has 1 rings (SSSR count). The molecule has 0 radical (unpaired) electrons. The SMILES string of the molecule is COc1cc(C(F)F)c(F)cc1Br. The van der Waals surface area contributed by atoms with Crippen LogP contribution >= 0.6 is 15.9 Å². The van der Waals surface area contributed by atoms with Crippen LogP contribution in [0.3, 0.4) is 0 Å². The number of hydrogen-bond donors (Lipinski definition) is 0. The predicted molar refractivity (Wildman–Crippen MR) is 45.6 cm³/mol. The molecule has 1 nitrogen and oxygen atoms in total. The van der Waals surface area contributed by atoms with Crippen molar-refractivity contribution < 1.29 is 17.9 Å². The van der Waals surface area contributed by atoms with E-state index in [1.54, 1.807) is 0 Å². The van der Waals surface area contributed by atoms with E-state index in [-0.39, 0.29) is 5.75 Å². The van der Waals surface area contributed by atoms with E-state index in [9.17, 15) is 13.2 Å². The first-order chi connectivity index (χ1) is 6.06. The molecule has 0 aliphatic rings. The standard InChI is InChI=1S/C8H6BrF3O/c1-13-7-2-4(8(11)12)6(10)3-5(7)9/h2-3,8H,1H3. The van der Waals surface area contributed by atoms with Crippen LogP contribution in [-0.2, 0) is 0 Å². The molecular formula is C8H6BrF3O. The normalized spacial score (nSPS) is 10.6. The fourth-order valence-corrected chi connectivity index (χ4v) is 1.35. The third-order valence-corrected chi connectivity index (χ3v) is 2.13. The summed E-state index contributed by atoms with van der Waals surface area (Å²) in [5, 5.41) is 0. The Bertz CT molecular complexity index is 315. The minimum atomic E-state index is -2.83. The zero-order valence-electron chi connectivity index (χ0n) is 6.65. The lowest BCUT2D eigenvalue weighted by atomic mass is 10.2. The van der Waals surface area contributed by atoms with Gasteiger partial charge in [-0.1, -0.05) is 0 Å². The van der Waals surface area contributed by atoms with E-state index in [0.29, 0.717) is 4.47 Å². The van der Waals surface area contributed by atoms with Gasteiger partial charge in [0.15, 0.2) is 0 Å². The molecule has 1 aromatic rings. The second kappa shape index (κ2) is 4.00. The second-order valence-electron chi connectivity index (χ2n) is 2.31. The number of benzene rings is 1. The van der Waals surface area contributed by atoms with Crippen LogP contribution in [-0.4, -0.2) is 7.11 Å². The second-order valence-corrected chi connectivity index (χ2v) is 3.16. The fraction of sp³-hybridized carbons (Fsp3) is 0.250. The third kappa shape index (κ3) is 2.15. The molecule has 0 saturated heterocycles. The highest BCUT2D eigenvalue weighted by Gasteiger charge is 2.16. The Morgan fingerprint density at radius 2 is 2.00 bits per heavy atom. The van der Waals surface area contributed by atoms with Crippen molar-refractivity contribution in [2.75, 3.05) is 7.11 Å². The molecule has 72 valence electrons. The Kier molecular flexibility index (Phi) is 3.19. The lowest BCUT2D eigenvalue weighted by Gasteiger charge is -2.07. The highest BCUT2D eigenvalue weighted by molar-refractivity contribution is 9.10. The molecule has 0 fully saturated rings. The van der Waals surface area contributed by atoms with E-state index in [1.807, 2.05) is 0 Å². The van der Waals surface area contributed by atoms with E-state index in [1.165, 1.54) is 7.11 Å². The highest BCUT2D eigenvalue weighted by Crippen LogP contribution is 2.32. The van der Waals surface area contributed by atoms with Crippen LogP contribution in [0, 0.1) is 5.82 Å². The summed E-state index contributed by atoms with van der Waals surface area (Å²) >= 11 is 2.98. The molecule has 0 aliphatic heterocycles. The molecule has 0 spiro atoms. The van der Waals surface area contributed by atoms with Gasteiger partial charge in [0.2, 0.25) is 0 Å². The van der Waals surface area contributed by atoms with Gasteiger partial charge in [0.1, 0.15) is 11.6 Å². The minimum absolute atomic E-state index is 0.191. The number of methoxy groups -OCH3 is 1. The summed E-state index contributed by atoms with van der Waals surface area (Å²) in [6.07, 6.45) is -2.83.